The summed E-state index contributed by atoms with van der Waals surface area (Å²) in [5.41, 5.74) is 8.15. The normalized spacial score (nSPS) is 29.5. The molecule has 2 amide bonds. The van der Waals surface area contributed by atoms with Crippen molar-refractivity contribution in [2.45, 2.75) is 6.42 Å². The van der Waals surface area contributed by atoms with Gasteiger partial charge in [0.25, 0.3) is 0 Å². The average molecular weight is 223 g/mol. The second-order valence-electron chi connectivity index (χ2n) is 4.11. The second-order valence-corrected chi connectivity index (χ2v) is 4.11. The van der Waals surface area contributed by atoms with Crippen molar-refractivity contribution in [1.82, 2.24) is 10.2 Å². The Morgan fingerprint density at radius 1 is 1.44 bits per heavy atom. The molecule has 16 heavy (non-hydrogen) atoms. The zero-order valence-electron chi connectivity index (χ0n) is 8.80. The van der Waals surface area contributed by atoms with Crippen LogP contribution in [0.1, 0.15) is 6.42 Å². The Bertz CT molecular complexity index is 363. The highest BCUT2D eigenvalue weighted by Crippen LogP contribution is 2.28. The number of amides is 2. The number of rotatable bonds is 3. The molecule has 2 heterocycles. The molecule has 2 aliphatic rings. The van der Waals surface area contributed by atoms with Crippen molar-refractivity contribution in [1.29, 1.82) is 0 Å². The van der Waals surface area contributed by atoms with E-state index in [0.29, 0.717) is 26.1 Å². The number of nitrogens with zero attached hydrogens (tertiary/aromatic N) is 4. The van der Waals surface area contributed by atoms with Gasteiger partial charge in [0.15, 0.2) is 0 Å². The molecule has 2 fully saturated rings. The van der Waals surface area contributed by atoms with Gasteiger partial charge in [-0.05, 0) is 18.5 Å². The van der Waals surface area contributed by atoms with Gasteiger partial charge >= 0.3 is 0 Å². The van der Waals surface area contributed by atoms with Crippen molar-refractivity contribution in [2.24, 2.45) is 17.0 Å². The highest BCUT2D eigenvalue weighted by Gasteiger charge is 2.44. The fraction of sp³-hybridized carbons (Fsp3) is 0.778. The lowest BCUT2D eigenvalue weighted by atomic mass is 9.88. The summed E-state index contributed by atoms with van der Waals surface area (Å²) >= 11 is 0. The molecule has 0 saturated carbocycles. The molecular formula is C9H13N5O2. The third kappa shape index (κ3) is 2.00. The minimum Gasteiger partial charge on any atom is -0.302 e. The van der Waals surface area contributed by atoms with Crippen LogP contribution in [0, 0.1) is 11.8 Å². The van der Waals surface area contributed by atoms with Crippen LogP contribution in [0.15, 0.2) is 5.11 Å². The Morgan fingerprint density at radius 3 is 2.94 bits per heavy atom. The predicted molar refractivity (Wildman–Crippen MR) is 55.2 cm³/mol. The molecule has 7 nitrogen and oxygen atoms in total. The summed E-state index contributed by atoms with van der Waals surface area (Å²) in [5.74, 6) is -0.663. The minimum absolute atomic E-state index is 0.135. The maximum atomic E-state index is 11.5. The van der Waals surface area contributed by atoms with Crippen LogP contribution in [0.2, 0.25) is 0 Å². The number of nitrogens with one attached hydrogen (secondary N) is 1. The second kappa shape index (κ2) is 4.51. The van der Waals surface area contributed by atoms with Crippen LogP contribution >= 0.6 is 0 Å². The van der Waals surface area contributed by atoms with Crippen molar-refractivity contribution in [3.05, 3.63) is 10.4 Å². The monoisotopic (exact) mass is 223 g/mol. The van der Waals surface area contributed by atoms with Crippen LogP contribution in [0.5, 0.6) is 0 Å². The molecule has 2 atom stereocenters. The Kier molecular flexibility index (Phi) is 3.07. The largest absolute Gasteiger partial charge is 0.302 e. The van der Waals surface area contributed by atoms with Gasteiger partial charge in [0.2, 0.25) is 11.8 Å². The van der Waals surface area contributed by atoms with Crippen LogP contribution in [0.4, 0.5) is 0 Å². The number of azide groups is 1. The first kappa shape index (κ1) is 10.9. The number of likely N-dealkylation sites (tertiary alicyclic amines) is 1. The Morgan fingerprint density at radius 2 is 2.19 bits per heavy atom. The molecule has 0 aromatic rings. The van der Waals surface area contributed by atoms with E-state index in [-0.39, 0.29) is 23.7 Å². The van der Waals surface area contributed by atoms with Gasteiger partial charge in [-0.3, -0.25) is 14.9 Å². The van der Waals surface area contributed by atoms with Gasteiger partial charge < -0.3 is 4.90 Å². The van der Waals surface area contributed by atoms with Gasteiger partial charge in [0, 0.05) is 24.5 Å². The molecule has 2 aliphatic heterocycles. The van der Waals surface area contributed by atoms with E-state index in [0.717, 1.165) is 6.54 Å². The highest BCUT2D eigenvalue weighted by molar-refractivity contribution is 6.05. The van der Waals surface area contributed by atoms with E-state index in [2.05, 4.69) is 20.2 Å². The summed E-state index contributed by atoms with van der Waals surface area (Å²) in [7, 11) is 0. The van der Waals surface area contributed by atoms with E-state index in [4.69, 9.17) is 5.53 Å². The van der Waals surface area contributed by atoms with E-state index in [9.17, 15) is 9.59 Å². The summed E-state index contributed by atoms with van der Waals surface area (Å²) in [4.78, 5) is 27.6. The predicted octanol–water partition coefficient (Wildman–Crippen LogP) is -0.109. The van der Waals surface area contributed by atoms with Crippen LogP contribution in [-0.2, 0) is 9.59 Å². The maximum absolute atomic E-state index is 11.5. The van der Waals surface area contributed by atoms with Crippen molar-refractivity contribution in [3.8, 4) is 0 Å². The zero-order chi connectivity index (χ0) is 11.5. The third-order valence-electron chi connectivity index (χ3n) is 3.20. The first-order valence-electron chi connectivity index (χ1n) is 5.30. The number of carbonyl (C=O) groups is 2. The van der Waals surface area contributed by atoms with Gasteiger partial charge in [-0.25, -0.2) is 0 Å². The first-order chi connectivity index (χ1) is 7.72. The van der Waals surface area contributed by atoms with Crippen molar-refractivity contribution >= 4 is 11.8 Å². The highest BCUT2D eigenvalue weighted by atomic mass is 16.2. The van der Waals surface area contributed by atoms with E-state index < -0.39 is 0 Å². The average Bonchev–Trinajstić information content (AvgIpc) is 2.55. The molecule has 0 spiro atoms. The molecular weight excluding hydrogens is 210 g/mol. The minimum atomic E-state index is -0.215. The lowest BCUT2D eigenvalue weighted by Crippen LogP contribution is -2.42. The number of hydrogen-bond acceptors (Lipinski definition) is 4. The Balaban J connectivity index is 1.92. The summed E-state index contributed by atoms with van der Waals surface area (Å²) < 4.78 is 0. The number of carbonyl (C=O) groups excluding carboxylic acids is 2. The standard InChI is InChI=1S/C9H13N5O2/c10-13-11-2-4-14-3-1-6-7(5-14)9(16)12-8(6)15/h6-7H,1-5H2,(H,12,15,16)/t6-,7+/m1/s1. The summed E-state index contributed by atoms with van der Waals surface area (Å²) in [5, 5.41) is 5.82. The molecule has 0 aromatic carbocycles. The lowest BCUT2D eigenvalue weighted by molar-refractivity contribution is -0.126. The van der Waals surface area contributed by atoms with Gasteiger partial charge in [0.1, 0.15) is 0 Å². The number of imide groups is 1. The molecule has 0 radical (unpaired) electrons. The first-order valence-corrected chi connectivity index (χ1v) is 5.30. The Labute approximate surface area is 92.4 Å². The number of piperidine rings is 1. The fourth-order valence-corrected chi connectivity index (χ4v) is 2.34. The van der Waals surface area contributed by atoms with E-state index in [1.54, 1.807) is 0 Å². The quantitative estimate of drug-likeness (QED) is 0.313. The number of fused-ring (bicyclic) bond motifs is 1. The smallest absolute Gasteiger partial charge is 0.231 e. The van der Waals surface area contributed by atoms with Gasteiger partial charge in [-0.1, -0.05) is 5.11 Å². The van der Waals surface area contributed by atoms with Crippen LogP contribution in [0.25, 0.3) is 10.4 Å². The third-order valence-corrected chi connectivity index (χ3v) is 3.20. The fourth-order valence-electron chi connectivity index (χ4n) is 2.34. The maximum Gasteiger partial charge on any atom is 0.231 e. The number of hydrogen-bond donors (Lipinski definition) is 1. The molecule has 2 rings (SSSR count). The van der Waals surface area contributed by atoms with Gasteiger partial charge in [-0.2, -0.15) is 0 Å². The van der Waals surface area contributed by atoms with Crippen molar-refractivity contribution in [2.75, 3.05) is 26.2 Å². The molecule has 0 unspecified atom stereocenters. The lowest BCUT2D eigenvalue weighted by Gasteiger charge is -2.31. The van der Waals surface area contributed by atoms with Gasteiger partial charge in [0.05, 0.1) is 11.8 Å². The summed E-state index contributed by atoms with van der Waals surface area (Å²) in [6.45, 7) is 2.42. The van der Waals surface area contributed by atoms with Crippen molar-refractivity contribution in [3.63, 3.8) is 0 Å². The van der Waals surface area contributed by atoms with Crippen LogP contribution < -0.4 is 5.32 Å². The zero-order valence-corrected chi connectivity index (χ0v) is 8.80. The molecule has 2 saturated heterocycles. The van der Waals surface area contributed by atoms with E-state index in [1.807, 2.05) is 0 Å². The molecule has 1 N–H and O–H groups in total. The molecule has 86 valence electrons. The Hall–Kier alpha value is -1.59. The SMILES string of the molecule is [N-]=[N+]=NCCN1CC[C@H]2C(=O)NC(=O)[C@H]2C1. The van der Waals surface area contributed by atoms with Gasteiger partial charge in [-0.15, -0.1) is 0 Å². The molecule has 0 aromatic heterocycles. The molecule has 7 heteroatoms. The topological polar surface area (TPSA) is 98.2 Å². The van der Waals surface area contributed by atoms with E-state index in [1.165, 1.54) is 0 Å². The van der Waals surface area contributed by atoms with Crippen LogP contribution in [0.3, 0.4) is 0 Å². The van der Waals surface area contributed by atoms with Crippen molar-refractivity contribution < 1.29 is 9.59 Å². The molecule has 0 bridgehead atoms. The van der Waals surface area contributed by atoms with Crippen LogP contribution in [-0.4, -0.2) is 42.9 Å². The molecule has 0 aliphatic carbocycles. The summed E-state index contributed by atoms with van der Waals surface area (Å²) in [6, 6.07) is 0. The summed E-state index contributed by atoms with van der Waals surface area (Å²) in [6.07, 6.45) is 0.707. The van der Waals surface area contributed by atoms with E-state index >= 15 is 0 Å².